The van der Waals surface area contributed by atoms with E-state index in [0.29, 0.717) is 30.2 Å². The first kappa shape index (κ1) is 13.9. The molecule has 1 heterocycles. The predicted octanol–water partition coefficient (Wildman–Crippen LogP) is 1.54. The molecule has 0 fully saturated rings. The Morgan fingerprint density at radius 3 is 2.95 bits per heavy atom. The van der Waals surface area contributed by atoms with Crippen LogP contribution in [0, 0.1) is 10.1 Å². The van der Waals surface area contributed by atoms with Crippen molar-refractivity contribution in [2.45, 2.75) is 12.8 Å². The van der Waals surface area contributed by atoms with Crippen molar-refractivity contribution in [2.24, 2.45) is 5.73 Å². The molecule has 0 bridgehead atoms. The summed E-state index contributed by atoms with van der Waals surface area (Å²) in [5.74, 6) is 0.956. The molecule has 0 atom stereocenters. The number of nitrogens with two attached hydrogens (primary N) is 1. The first-order valence-electron chi connectivity index (χ1n) is 6.01. The summed E-state index contributed by atoms with van der Waals surface area (Å²) in [6.07, 6.45) is 1.33. The van der Waals surface area contributed by atoms with Crippen LogP contribution < -0.4 is 10.5 Å². The monoisotopic (exact) mass is 278 g/mol. The molecular weight excluding hydrogens is 264 g/mol. The van der Waals surface area contributed by atoms with Crippen LogP contribution in [0.4, 0.5) is 5.69 Å². The van der Waals surface area contributed by atoms with Gasteiger partial charge in [-0.1, -0.05) is 5.16 Å². The zero-order chi connectivity index (χ0) is 14.5. The summed E-state index contributed by atoms with van der Waals surface area (Å²) >= 11 is 0. The molecule has 2 rings (SSSR count). The number of ether oxygens (including phenoxy) is 1. The SMILES string of the molecule is COc1ccc(-c2noc(CCCN)n2)cc1[N+](=O)[O-]. The van der Waals surface area contributed by atoms with Crippen LogP contribution in [0.25, 0.3) is 11.4 Å². The number of nitro groups is 1. The third kappa shape index (κ3) is 2.91. The van der Waals surface area contributed by atoms with Gasteiger partial charge in [0.25, 0.3) is 0 Å². The molecule has 1 aromatic carbocycles. The maximum Gasteiger partial charge on any atom is 0.311 e. The van der Waals surface area contributed by atoms with E-state index in [1.807, 2.05) is 0 Å². The first-order chi connectivity index (χ1) is 9.65. The van der Waals surface area contributed by atoms with Crippen LogP contribution in [-0.2, 0) is 6.42 Å². The van der Waals surface area contributed by atoms with Crippen LogP contribution in [-0.4, -0.2) is 28.7 Å². The highest BCUT2D eigenvalue weighted by Gasteiger charge is 2.18. The standard InChI is InChI=1S/C12H14N4O4/c1-19-10-5-4-8(7-9(10)16(17)18)12-14-11(20-15-12)3-2-6-13/h4-5,7H,2-3,6,13H2,1H3. The first-order valence-corrected chi connectivity index (χ1v) is 6.01. The van der Waals surface area contributed by atoms with E-state index in [2.05, 4.69) is 10.1 Å². The molecule has 0 amide bonds. The van der Waals surface area contributed by atoms with Gasteiger partial charge in [-0.15, -0.1) is 0 Å². The van der Waals surface area contributed by atoms with Crippen LogP contribution in [0.3, 0.4) is 0 Å². The zero-order valence-electron chi connectivity index (χ0n) is 10.9. The molecule has 0 saturated heterocycles. The minimum absolute atomic E-state index is 0.140. The highest BCUT2D eigenvalue weighted by molar-refractivity contribution is 5.63. The normalized spacial score (nSPS) is 10.5. The van der Waals surface area contributed by atoms with Crippen molar-refractivity contribution < 1.29 is 14.2 Å². The highest BCUT2D eigenvalue weighted by Crippen LogP contribution is 2.31. The van der Waals surface area contributed by atoms with Gasteiger partial charge in [0, 0.05) is 18.1 Å². The molecular formula is C12H14N4O4. The molecule has 0 unspecified atom stereocenters. The zero-order valence-corrected chi connectivity index (χ0v) is 10.9. The summed E-state index contributed by atoms with van der Waals surface area (Å²) < 4.78 is 10.00. The van der Waals surface area contributed by atoms with Crippen LogP contribution in [0.5, 0.6) is 5.75 Å². The lowest BCUT2D eigenvalue weighted by atomic mass is 10.2. The van der Waals surface area contributed by atoms with Gasteiger partial charge in [-0.2, -0.15) is 4.98 Å². The van der Waals surface area contributed by atoms with E-state index in [4.69, 9.17) is 15.0 Å². The Kier molecular flexibility index (Phi) is 4.26. The Labute approximate surface area is 114 Å². The van der Waals surface area contributed by atoms with Crippen molar-refractivity contribution in [3.05, 3.63) is 34.2 Å². The number of methoxy groups -OCH3 is 1. The molecule has 0 aliphatic carbocycles. The molecule has 0 radical (unpaired) electrons. The smallest absolute Gasteiger partial charge is 0.311 e. The average Bonchev–Trinajstić information content (AvgIpc) is 2.93. The number of nitrogens with zero attached hydrogens (tertiary/aromatic N) is 3. The number of aryl methyl sites for hydroxylation is 1. The van der Waals surface area contributed by atoms with Crippen molar-refractivity contribution in [3.8, 4) is 17.1 Å². The fraction of sp³-hybridized carbons (Fsp3) is 0.333. The van der Waals surface area contributed by atoms with Crippen LogP contribution in [0.15, 0.2) is 22.7 Å². The summed E-state index contributed by atoms with van der Waals surface area (Å²) in [6, 6.07) is 4.50. The summed E-state index contributed by atoms with van der Waals surface area (Å²) in [6.45, 7) is 0.533. The Morgan fingerprint density at radius 1 is 1.50 bits per heavy atom. The molecule has 0 aliphatic heterocycles. The van der Waals surface area contributed by atoms with Crippen LogP contribution >= 0.6 is 0 Å². The van der Waals surface area contributed by atoms with E-state index >= 15 is 0 Å². The van der Waals surface area contributed by atoms with Crippen molar-refractivity contribution >= 4 is 5.69 Å². The largest absolute Gasteiger partial charge is 0.490 e. The summed E-state index contributed by atoms with van der Waals surface area (Å²) in [5, 5.41) is 14.8. The minimum Gasteiger partial charge on any atom is -0.490 e. The molecule has 0 aliphatic rings. The molecule has 106 valence electrons. The molecule has 2 N–H and O–H groups in total. The summed E-state index contributed by atoms with van der Waals surface area (Å²) in [5.41, 5.74) is 5.76. The fourth-order valence-corrected chi connectivity index (χ4v) is 1.70. The second-order valence-electron chi connectivity index (χ2n) is 4.05. The van der Waals surface area contributed by atoms with Gasteiger partial charge in [-0.25, -0.2) is 0 Å². The van der Waals surface area contributed by atoms with Gasteiger partial charge >= 0.3 is 5.69 Å². The lowest BCUT2D eigenvalue weighted by molar-refractivity contribution is -0.385. The predicted molar refractivity (Wildman–Crippen MR) is 70.3 cm³/mol. The van der Waals surface area contributed by atoms with Crippen LogP contribution in [0.1, 0.15) is 12.3 Å². The number of hydrogen-bond acceptors (Lipinski definition) is 7. The van der Waals surface area contributed by atoms with E-state index in [1.165, 1.54) is 19.2 Å². The second-order valence-corrected chi connectivity index (χ2v) is 4.05. The van der Waals surface area contributed by atoms with E-state index < -0.39 is 4.92 Å². The van der Waals surface area contributed by atoms with Crippen molar-refractivity contribution in [1.82, 2.24) is 10.1 Å². The van der Waals surface area contributed by atoms with E-state index in [0.717, 1.165) is 6.42 Å². The minimum atomic E-state index is -0.516. The lowest BCUT2D eigenvalue weighted by Crippen LogP contribution is -2.00. The number of nitro benzene ring substituents is 1. The Balaban J connectivity index is 2.30. The molecule has 0 spiro atoms. The van der Waals surface area contributed by atoms with Gasteiger partial charge in [0.15, 0.2) is 5.75 Å². The van der Waals surface area contributed by atoms with Gasteiger partial charge in [-0.3, -0.25) is 10.1 Å². The van der Waals surface area contributed by atoms with Gasteiger partial charge in [0.1, 0.15) is 0 Å². The quantitative estimate of drug-likeness (QED) is 0.629. The lowest BCUT2D eigenvalue weighted by Gasteiger charge is -2.02. The third-order valence-corrected chi connectivity index (χ3v) is 2.70. The van der Waals surface area contributed by atoms with Gasteiger partial charge < -0.3 is 15.0 Å². The van der Waals surface area contributed by atoms with Crippen molar-refractivity contribution in [1.29, 1.82) is 0 Å². The van der Waals surface area contributed by atoms with Gasteiger partial charge in [0.05, 0.1) is 12.0 Å². The van der Waals surface area contributed by atoms with Gasteiger partial charge in [-0.05, 0) is 25.1 Å². The second kappa shape index (κ2) is 6.11. The topological polar surface area (TPSA) is 117 Å². The number of benzene rings is 1. The fourth-order valence-electron chi connectivity index (χ4n) is 1.70. The van der Waals surface area contributed by atoms with Crippen molar-refractivity contribution in [2.75, 3.05) is 13.7 Å². The van der Waals surface area contributed by atoms with Crippen LogP contribution in [0.2, 0.25) is 0 Å². The Hall–Kier alpha value is -2.48. The summed E-state index contributed by atoms with van der Waals surface area (Å²) in [4.78, 5) is 14.6. The summed E-state index contributed by atoms with van der Waals surface area (Å²) in [7, 11) is 1.38. The average molecular weight is 278 g/mol. The van der Waals surface area contributed by atoms with E-state index in [9.17, 15) is 10.1 Å². The van der Waals surface area contributed by atoms with E-state index in [1.54, 1.807) is 6.07 Å². The molecule has 8 heteroatoms. The highest BCUT2D eigenvalue weighted by atomic mass is 16.6. The number of aromatic nitrogens is 2. The molecule has 1 aromatic heterocycles. The molecule has 20 heavy (non-hydrogen) atoms. The Bertz CT molecular complexity index is 611. The number of rotatable bonds is 6. The Morgan fingerprint density at radius 2 is 2.30 bits per heavy atom. The number of hydrogen-bond donors (Lipinski definition) is 1. The molecule has 2 aromatic rings. The maximum absolute atomic E-state index is 11.0. The maximum atomic E-state index is 11.0. The molecule has 8 nitrogen and oxygen atoms in total. The van der Waals surface area contributed by atoms with Crippen molar-refractivity contribution in [3.63, 3.8) is 0 Å². The van der Waals surface area contributed by atoms with Gasteiger partial charge in [0.2, 0.25) is 11.7 Å². The third-order valence-electron chi connectivity index (χ3n) is 2.70. The molecule has 0 saturated carbocycles. The van der Waals surface area contributed by atoms with E-state index in [-0.39, 0.29) is 11.4 Å².